The van der Waals surface area contributed by atoms with Gasteiger partial charge in [-0.15, -0.1) is 0 Å². The fourth-order valence-electron chi connectivity index (χ4n) is 3.77. The minimum absolute atomic E-state index is 0.411. The van der Waals surface area contributed by atoms with E-state index >= 15 is 0 Å². The summed E-state index contributed by atoms with van der Waals surface area (Å²) >= 11 is 0. The predicted octanol–water partition coefficient (Wildman–Crippen LogP) is 2.82. The second kappa shape index (κ2) is 5.68. The van der Waals surface area contributed by atoms with E-state index in [0.29, 0.717) is 11.6 Å². The van der Waals surface area contributed by atoms with Gasteiger partial charge in [-0.25, -0.2) is 0 Å². The highest BCUT2D eigenvalue weighted by Gasteiger charge is 2.37. The summed E-state index contributed by atoms with van der Waals surface area (Å²) in [7, 11) is 0. The van der Waals surface area contributed by atoms with E-state index in [1.165, 1.54) is 51.7 Å². The van der Waals surface area contributed by atoms with Crippen LogP contribution < -0.4 is 5.32 Å². The van der Waals surface area contributed by atoms with Crippen molar-refractivity contribution in [2.75, 3.05) is 19.6 Å². The Hall–Kier alpha value is -0.800. The molecule has 2 aliphatic rings. The van der Waals surface area contributed by atoms with Gasteiger partial charge >= 0.3 is 0 Å². The van der Waals surface area contributed by atoms with Crippen LogP contribution in [-0.2, 0) is 6.42 Å². The van der Waals surface area contributed by atoms with E-state index < -0.39 is 0 Å². The molecule has 1 saturated carbocycles. The van der Waals surface area contributed by atoms with Crippen molar-refractivity contribution >= 4 is 0 Å². The third-order valence-electron chi connectivity index (χ3n) is 4.89. The molecule has 1 aliphatic heterocycles. The highest BCUT2D eigenvalue weighted by molar-refractivity contribution is 5.02. The van der Waals surface area contributed by atoms with E-state index in [1.54, 1.807) is 6.26 Å². The minimum atomic E-state index is 0.411. The van der Waals surface area contributed by atoms with Crippen molar-refractivity contribution in [1.29, 1.82) is 0 Å². The molecule has 1 aliphatic carbocycles. The van der Waals surface area contributed by atoms with Gasteiger partial charge in [-0.3, -0.25) is 4.90 Å². The van der Waals surface area contributed by atoms with Gasteiger partial charge in [-0.1, -0.05) is 12.8 Å². The number of furan rings is 1. The average molecular weight is 262 g/mol. The van der Waals surface area contributed by atoms with E-state index in [0.717, 1.165) is 12.2 Å². The normalized spacial score (nSPS) is 25.5. The van der Waals surface area contributed by atoms with E-state index in [1.807, 2.05) is 6.07 Å². The van der Waals surface area contributed by atoms with Crippen molar-refractivity contribution in [3.63, 3.8) is 0 Å². The number of rotatable bonds is 3. The SMILES string of the molecule is CC(Cc1ccco1)N1CCCNC2(CCCC2)C1. The molecule has 0 aromatic carbocycles. The highest BCUT2D eigenvalue weighted by atomic mass is 16.3. The van der Waals surface area contributed by atoms with E-state index in [4.69, 9.17) is 4.42 Å². The molecule has 0 bridgehead atoms. The molecule has 2 heterocycles. The van der Waals surface area contributed by atoms with Crippen molar-refractivity contribution in [2.24, 2.45) is 0 Å². The Labute approximate surface area is 116 Å². The van der Waals surface area contributed by atoms with Gasteiger partial charge in [-0.2, -0.15) is 0 Å². The number of hydrogen-bond acceptors (Lipinski definition) is 3. The van der Waals surface area contributed by atoms with Gasteiger partial charge < -0.3 is 9.73 Å². The zero-order chi connectivity index (χ0) is 13.1. The van der Waals surface area contributed by atoms with Gasteiger partial charge in [0.05, 0.1) is 6.26 Å². The van der Waals surface area contributed by atoms with Crippen molar-refractivity contribution in [3.05, 3.63) is 24.2 Å². The molecule has 1 spiro atoms. The predicted molar refractivity (Wildman–Crippen MR) is 77.3 cm³/mol. The summed E-state index contributed by atoms with van der Waals surface area (Å²) in [6.07, 6.45) is 9.59. The minimum Gasteiger partial charge on any atom is -0.469 e. The van der Waals surface area contributed by atoms with Gasteiger partial charge in [-0.05, 0) is 51.4 Å². The van der Waals surface area contributed by atoms with Gasteiger partial charge in [0, 0.05) is 24.5 Å². The molecule has 1 N–H and O–H groups in total. The molecule has 19 heavy (non-hydrogen) atoms. The Morgan fingerprint density at radius 3 is 2.95 bits per heavy atom. The Morgan fingerprint density at radius 1 is 1.37 bits per heavy atom. The first-order chi connectivity index (χ1) is 9.27. The summed E-state index contributed by atoms with van der Waals surface area (Å²) in [5.41, 5.74) is 0.411. The van der Waals surface area contributed by atoms with Gasteiger partial charge in [0.2, 0.25) is 0 Å². The van der Waals surface area contributed by atoms with E-state index in [9.17, 15) is 0 Å². The first-order valence-corrected chi connectivity index (χ1v) is 7.79. The molecule has 1 saturated heterocycles. The molecule has 1 atom stereocenters. The molecule has 1 unspecified atom stereocenters. The average Bonchev–Trinajstić information content (AvgIpc) is 3.00. The largest absolute Gasteiger partial charge is 0.469 e. The zero-order valence-corrected chi connectivity index (χ0v) is 12.0. The zero-order valence-electron chi connectivity index (χ0n) is 12.0. The number of nitrogens with zero attached hydrogens (tertiary/aromatic N) is 1. The molecule has 0 radical (unpaired) electrons. The maximum Gasteiger partial charge on any atom is 0.105 e. The smallest absolute Gasteiger partial charge is 0.105 e. The van der Waals surface area contributed by atoms with E-state index in [-0.39, 0.29) is 0 Å². The molecule has 0 amide bonds. The van der Waals surface area contributed by atoms with Crippen molar-refractivity contribution in [3.8, 4) is 0 Å². The van der Waals surface area contributed by atoms with Crippen LogP contribution in [0.5, 0.6) is 0 Å². The van der Waals surface area contributed by atoms with Crippen LogP contribution in [0.15, 0.2) is 22.8 Å². The molecular formula is C16H26N2O. The van der Waals surface area contributed by atoms with Crippen LogP contribution in [0.1, 0.15) is 44.8 Å². The Morgan fingerprint density at radius 2 is 2.21 bits per heavy atom. The fourth-order valence-corrected chi connectivity index (χ4v) is 3.77. The molecular weight excluding hydrogens is 236 g/mol. The van der Waals surface area contributed by atoms with Crippen LogP contribution in [0.4, 0.5) is 0 Å². The molecule has 3 rings (SSSR count). The molecule has 2 fully saturated rings. The molecule has 106 valence electrons. The Kier molecular flexibility index (Phi) is 3.94. The topological polar surface area (TPSA) is 28.4 Å². The lowest BCUT2D eigenvalue weighted by atomic mass is 9.96. The number of hydrogen-bond donors (Lipinski definition) is 1. The first kappa shape index (κ1) is 13.2. The second-order valence-electron chi connectivity index (χ2n) is 6.37. The molecule has 1 aromatic rings. The second-order valence-corrected chi connectivity index (χ2v) is 6.37. The highest BCUT2D eigenvalue weighted by Crippen LogP contribution is 2.32. The third kappa shape index (κ3) is 3.03. The van der Waals surface area contributed by atoms with Crippen molar-refractivity contribution in [2.45, 2.75) is 57.0 Å². The molecule has 1 aromatic heterocycles. The Bertz CT molecular complexity index is 381. The van der Waals surface area contributed by atoms with Crippen LogP contribution in [0, 0.1) is 0 Å². The van der Waals surface area contributed by atoms with Crippen molar-refractivity contribution < 1.29 is 4.42 Å². The summed E-state index contributed by atoms with van der Waals surface area (Å²) in [5.74, 6) is 1.12. The lowest BCUT2D eigenvalue weighted by Gasteiger charge is -2.36. The van der Waals surface area contributed by atoms with Crippen molar-refractivity contribution in [1.82, 2.24) is 10.2 Å². The van der Waals surface area contributed by atoms with Crippen LogP contribution in [0.25, 0.3) is 0 Å². The molecule has 3 nitrogen and oxygen atoms in total. The fraction of sp³-hybridized carbons (Fsp3) is 0.750. The molecule has 3 heteroatoms. The third-order valence-corrected chi connectivity index (χ3v) is 4.89. The summed E-state index contributed by atoms with van der Waals surface area (Å²) in [6.45, 7) is 5.96. The van der Waals surface area contributed by atoms with Crippen LogP contribution in [0.2, 0.25) is 0 Å². The summed E-state index contributed by atoms with van der Waals surface area (Å²) in [6, 6.07) is 4.66. The maximum atomic E-state index is 5.50. The monoisotopic (exact) mass is 262 g/mol. The Balaban J connectivity index is 1.65. The van der Waals surface area contributed by atoms with E-state index in [2.05, 4.69) is 23.2 Å². The quantitative estimate of drug-likeness (QED) is 0.908. The standard InChI is InChI=1S/C16H26N2O/c1-14(12-15-6-4-11-19-15)18-10-5-9-17-16(13-18)7-2-3-8-16/h4,6,11,14,17H,2-3,5,7-10,12-13H2,1H3. The maximum absolute atomic E-state index is 5.50. The van der Waals surface area contributed by atoms with Crippen LogP contribution in [-0.4, -0.2) is 36.1 Å². The van der Waals surface area contributed by atoms with Gasteiger partial charge in [0.15, 0.2) is 0 Å². The van der Waals surface area contributed by atoms with Crippen LogP contribution in [0.3, 0.4) is 0 Å². The summed E-state index contributed by atoms with van der Waals surface area (Å²) in [4.78, 5) is 2.67. The first-order valence-electron chi connectivity index (χ1n) is 7.79. The lowest BCUT2D eigenvalue weighted by Crippen LogP contribution is -2.51. The lowest BCUT2D eigenvalue weighted by molar-refractivity contribution is 0.160. The summed E-state index contributed by atoms with van der Waals surface area (Å²) < 4.78 is 5.50. The summed E-state index contributed by atoms with van der Waals surface area (Å²) in [5, 5.41) is 3.84. The van der Waals surface area contributed by atoms with Crippen LogP contribution >= 0.6 is 0 Å². The number of nitrogens with one attached hydrogen (secondary N) is 1. The van der Waals surface area contributed by atoms with Gasteiger partial charge in [0.1, 0.15) is 5.76 Å². The van der Waals surface area contributed by atoms with Gasteiger partial charge in [0.25, 0.3) is 0 Å².